The average Bonchev–Trinajstić information content (AvgIpc) is 3.16. The van der Waals surface area contributed by atoms with Crippen LogP contribution in [0.1, 0.15) is 18.5 Å². The minimum atomic E-state index is -0.0274. The molecule has 28 heavy (non-hydrogen) atoms. The molecule has 0 amide bonds. The lowest BCUT2D eigenvalue weighted by molar-refractivity contribution is 0.353. The zero-order valence-corrected chi connectivity index (χ0v) is 16.0. The van der Waals surface area contributed by atoms with Gasteiger partial charge < -0.3 is 15.2 Å². The molecule has 2 aromatic carbocycles. The third-order valence-electron chi connectivity index (χ3n) is 4.64. The Kier molecular flexibility index (Phi) is 4.67. The van der Waals surface area contributed by atoms with Crippen LogP contribution in [-0.4, -0.2) is 33.7 Å². The van der Waals surface area contributed by atoms with E-state index >= 15 is 0 Å². The predicted octanol–water partition coefficient (Wildman–Crippen LogP) is 3.52. The van der Waals surface area contributed by atoms with Crippen LogP contribution in [0.25, 0.3) is 27.8 Å². The van der Waals surface area contributed by atoms with Gasteiger partial charge in [0.15, 0.2) is 0 Å². The summed E-state index contributed by atoms with van der Waals surface area (Å²) in [7, 11) is 3.10. The van der Waals surface area contributed by atoms with Gasteiger partial charge in [-0.05, 0) is 42.3 Å². The van der Waals surface area contributed by atoms with Gasteiger partial charge in [0.05, 0.1) is 30.8 Å². The lowest BCUT2D eigenvalue weighted by Gasteiger charge is -2.11. The molecule has 2 N–H and O–H groups in total. The normalized spacial score (nSPS) is 12.1. The standard InChI is InChI=1S/C21H21N5O2/c1-13(22)14-7-8-19-18(10-14)24-12-26(19)16-6-4-5-15(9-16)17-11-23-21(28-3)25-20(17)27-2/h4-13H,22H2,1-3H3/t13-/m0/s1. The van der Waals surface area contributed by atoms with E-state index in [0.717, 1.165) is 33.4 Å². The highest BCUT2D eigenvalue weighted by molar-refractivity contribution is 5.79. The van der Waals surface area contributed by atoms with E-state index in [9.17, 15) is 0 Å². The summed E-state index contributed by atoms with van der Waals surface area (Å²) in [6.07, 6.45) is 3.52. The quantitative estimate of drug-likeness (QED) is 0.574. The lowest BCUT2D eigenvalue weighted by Crippen LogP contribution is -2.04. The van der Waals surface area contributed by atoms with E-state index in [1.807, 2.05) is 60.3 Å². The second-order valence-electron chi connectivity index (χ2n) is 6.48. The largest absolute Gasteiger partial charge is 0.480 e. The van der Waals surface area contributed by atoms with Gasteiger partial charge in [0.2, 0.25) is 5.88 Å². The molecule has 142 valence electrons. The molecular formula is C21H21N5O2. The highest BCUT2D eigenvalue weighted by atomic mass is 16.5. The van der Waals surface area contributed by atoms with Crippen molar-refractivity contribution in [2.75, 3.05) is 14.2 Å². The first-order valence-electron chi connectivity index (χ1n) is 8.89. The van der Waals surface area contributed by atoms with Crippen molar-refractivity contribution in [1.29, 1.82) is 0 Å². The molecule has 0 bridgehead atoms. The molecule has 0 aliphatic heterocycles. The van der Waals surface area contributed by atoms with Gasteiger partial charge in [-0.2, -0.15) is 4.98 Å². The number of hydrogen-bond donors (Lipinski definition) is 1. The van der Waals surface area contributed by atoms with E-state index in [1.54, 1.807) is 13.3 Å². The van der Waals surface area contributed by atoms with Gasteiger partial charge in [-0.15, -0.1) is 0 Å². The zero-order valence-electron chi connectivity index (χ0n) is 16.0. The number of fused-ring (bicyclic) bond motifs is 1. The molecule has 4 rings (SSSR count). The number of imidazole rings is 1. The second kappa shape index (κ2) is 7.28. The Labute approximate surface area is 162 Å². The molecule has 0 spiro atoms. The molecule has 7 nitrogen and oxygen atoms in total. The van der Waals surface area contributed by atoms with Crippen LogP contribution in [0.4, 0.5) is 0 Å². The number of benzene rings is 2. The Balaban J connectivity index is 1.79. The SMILES string of the molecule is COc1ncc(-c2cccc(-n3cnc4cc([C@H](C)N)ccc43)c2)c(OC)n1. The zero-order chi connectivity index (χ0) is 19.7. The molecular weight excluding hydrogens is 354 g/mol. The van der Waals surface area contributed by atoms with Crippen LogP contribution < -0.4 is 15.2 Å². The van der Waals surface area contributed by atoms with Crippen molar-refractivity contribution in [1.82, 2.24) is 19.5 Å². The summed E-state index contributed by atoms with van der Waals surface area (Å²) in [6, 6.07) is 14.4. The molecule has 0 saturated carbocycles. The van der Waals surface area contributed by atoms with Crippen molar-refractivity contribution < 1.29 is 9.47 Å². The molecule has 0 aliphatic rings. The number of nitrogens with two attached hydrogens (primary N) is 1. The summed E-state index contributed by atoms with van der Waals surface area (Å²) in [5.41, 5.74) is 11.7. The van der Waals surface area contributed by atoms with E-state index in [4.69, 9.17) is 15.2 Å². The Morgan fingerprint density at radius 1 is 1.04 bits per heavy atom. The topological polar surface area (TPSA) is 88.1 Å². The first-order valence-corrected chi connectivity index (χ1v) is 8.89. The summed E-state index contributed by atoms with van der Waals surface area (Å²) in [5.74, 6) is 0.459. The number of rotatable bonds is 5. The minimum Gasteiger partial charge on any atom is -0.480 e. The number of aromatic nitrogens is 4. The van der Waals surface area contributed by atoms with Gasteiger partial charge in [0.1, 0.15) is 6.33 Å². The van der Waals surface area contributed by atoms with Gasteiger partial charge in [-0.1, -0.05) is 18.2 Å². The van der Waals surface area contributed by atoms with Crippen LogP contribution in [0.5, 0.6) is 11.9 Å². The van der Waals surface area contributed by atoms with Crippen LogP contribution in [0, 0.1) is 0 Å². The highest BCUT2D eigenvalue weighted by Crippen LogP contribution is 2.31. The lowest BCUT2D eigenvalue weighted by atomic mass is 10.1. The summed E-state index contributed by atoms with van der Waals surface area (Å²) >= 11 is 0. The van der Waals surface area contributed by atoms with E-state index in [-0.39, 0.29) is 12.1 Å². The molecule has 2 heterocycles. The van der Waals surface area contributed by atoms with Gasteiger partial charge in [-0.25, -0.2) is 9.97 Å². The van der Waals surface area contributed by atoms with E-state index in [2.05, 4.69) is 15.0 Å². The highest BCUT2D eigenvalue weighted by Gasteiger charge is 2.13. The average molecular weight is 375 g/mol. The first kappa shape index (κ1) is 17.9. The van der Waals surface area contributed by atoms with Crippen molar-refractivity contribution in [2.45, 2.75) is 13.0 Å². The third-order valence-corrected chi connectivity index (χ3v) is 4.64. The maximum atomic E-state index is 5.99. The number of nitrogens with zero attached hydrogens (tertiary/aromatic N) is 4. The molecule has 0 unspecified atom stereocenters. The Morgan fingerprint density at radius 2 is 1.89 bits per heavy atom. The van der Waals surface area contributed by atoms with Crippen molar-refractivity contribution in [3.63, 3.8) is 0 Å². The van der Waals surface area contributed by atoms with Gasteiger partial charge in [0, 0.05) is 17.9 Å². The van der Waals surface area contributed by atoms with Crippen LogP contribution in [-0.2, 0) is 0 Å². The van der Waals surface area contributed by atoms with Crippen molar-refractivity contribution in [3.05, 3.63) is 60.6 Å². The van der Waals surface area contributed by atoms with Crippen molar-refractivity contribution >= 4 is 11.0 Å². The number of ether oxygens (including phenoxy) is 2. The molecule has 2 aromatic heterocycles. The van der Waals surface area contributed by atoms with Crippen molar-refractivity contribution in [2.24, 2.45) is 5.73 Å². The van der Waals surface area contributed by atoms with Gasteiger partial charge in [-0.3, -0.25) is 4.57 Å². The summed E-state index contributed by atoms with van der Waals surface area (Å²) in [5, 5.41) is 0. The number of methoxy groups -OCH3 is 2. The summed E-state index contributed by atoms with van der Waals surface area (Å²) in [4.78, 5) is 13.0. The fraction of sp³-hybridized carbons (Fsp3) is 0.190. The first-order chi connectivity index (χ1) is 13.6. The molecule has 0 aliphatic carbocycles. The Hall–Kier alpha value is -3.45. The maximum Gasteiger partial charge on any atom is 0.319 e. The summed E-state index contributed by atoms with van der Waals surface area (Å²) < 4.78 is 12.5. The predicted molar refractivity (Wildman–Crippen MR) is 108 cm³/mol. The molecule has 4 aromatic rings. The Morgan fingerprint density at radius 3 is 2.64 bits per heavy atom. The summed E-state index contributed by atoms with van der Waals surface area (Å²) in [6.45, 7) is 1.96. The third kappa shape index (κ3) is 3.16. The van der Waals surface area contributed by atoms with Gasteiger partial charge >= 0.3 is 6.01 Å². The number of hydrogen-bond acceptors (Lipinski definition) is 6. The van der Waals surface area contributed by atoms with Crippen LogP contribution in [0.15, 0.2) is 55.0 Å². The molecule has 0 saturated heterocycles. The van der Waals surface area contributed by atoms with Crippen LogP contribution >= 0.6 is 0 Å². The smallest absolute Gasteiger partial charge is 0.319 e. The van der Waals surface area contributed by atoms with E-state index in [1.165, 1.54) is 7.11 Å². The van der Waals surface area contributed by atoms with Crippen molar-refractivity contribution in [3.8, 4) is 28.7 Å². The maximum absolute atomic E-state index is 5.99. The monoisotopic (exact) mass is 375 g/mol. The molecule has 0 radical (unpaired) electrons. The van der Waals surface area contributed by atoms with Crippen LogP contribution in [0.3, 0.4) is 0 Å². The minimum absolute atomic E-state index is 0.0274. The van der Waals surface area contributed by atoms with Crippen LogP contribution in [0.2, 0.25) is 0 Å². The molecule has 0 fully saturated rings. The molecule has 7 heteroatoms. The second-order valence-corrected chi connectivity index (χ2v) is 6.48. The fourth-order valence-electron chi connectivity index (χ4n) is 3.14. The Bertz CT molecular complexity index is 1140. The molecule has 1 atom stereocenters. The fourth-order valence-corrected chi connectivity index (χ4v) is 3.14. The van der Waals surface area contributed by atoms with Gasteiger partial charge in [0.25, 0.3) is 0 Å². The van der Waals surface area contributed by atoms with E-state index < -0.39 is 0 Å². The van der Waals surface area contributed by atoms with E-state index in [0.29, 0.717) is 5.88 Å².